The van der Waals surface area contributed by atoms with Crippen LogP contribution in [0.1, 0.15) is 39.5 Å². The van der Waals surface area contributed by atoms with Gasteiger partial charge >= 0.3 is 0 Å². The molecule has 1 aliphatic heterocycles. The molecule has 25 heavy (non-hydrogen) atoms. The standard InChI is InChI=1S/C19H30N2O3.ClH/c1-3-23-16-7-4-5-8-17(16)24-14-6-9-18(22)21-15-19(2)10-12-20-13-11-19;/h4-5,7-8,20H,3,6,9-15H2,1-2H3,(H,21,22);1H. The maximum atomic E-state index is 12.0. The van der Waals surface area contributed by atoms with Crippen molar-refractivity contribution < 1.29 is 14.3 Å². The molecule has 0 unspecified atom stereocenters. The van der Waals surface area contributed by atoms with Crippen LogP contribution in [0.4, 0.5) is 0 Å². The van der Waals surface area contributed by atoms with E-state index < -0.39 is 0 Å². The number of piperidine rings is 1. The Morgan fingerprint density at radius 1 is 1.20 bits per heavy atom. The minimum absolute atomic E-state index is 0. The monoisotopic (exact) mass is 370 g/mol. The van der Waals surface area contributed by atoms with Crippen LogP contribution in [0.3, 0.4) is 0 Å². The summed E-state index contributed by atoms with van der Waals surface area (Å²) in [5.74, 6) is 1.60. The fraction of sp³-hybridized carbons (Fsp3) is 0.632. The predicted octanol–water partition coefficient (Wildman–Crippen LogP) is 3.17. The summed E-state index contributed by atoms with van der Waals surface area (Å²) in [7, 11) is 0. The number of ether oxygens (including phenoxy) is 2. The van der Waals surface area contributed by atoms with E-state index in [0.29, 0.717) is 26.1 Å². The Morgan fingerprint density at radius 2 is 1.84 bits per heavy atom. The molecule has 142 valence electrons. The van der Waals surface area contributed by atoms with Gasteiger partial charge in [-0.2, -0.15) is 0 Å². The van der Waals surface area contributed by atoms with Gasteiger partial charge in [0, 0.05) is 13.0 Å². The van der Waals surface area contributed by atoms with Gasteiger partial charge in [0.15, 0.2) is 11.5 Å². The smallest absolute Gasteiger partial charge is 0.220 e. The van der Waals surface area contributed by atoms with Crippen LogP contribution in [-0.4, -0.2) is 38.8 Å². The highest BCUT2D eigenvalue weighted by atomic mass is 35.5. The lowest BCUT2D eigenvalue weighted by Crippen LogP contribution is -2.42. The average molecular weight is 371 g/mol. The lowest BCUT2D eigenvalue weighted by atomic mass is 9.81. The normalized spacial score (nSPS) is 15.8. The number of nitrogens with one attached hydrogen (secondary N) is 2. The van der Waals surface area contributed by atoms with Gasteiger partial charge in [-0.05, 0) is 56.8 Å². The number of benzene rings is 1. The third-order valence-electron chi connectivity index (χ3n) is 4.48. The van der Waals surface area contributed by atoms with E-state index in [1.165, 1.54) is 0 Å². The summed E-state index contributed by atoms with van der Waals surface area (Å²) in [5.41, 5.74) is 0.230. The Hall–Kier alpha value is -1.46. The van der Waals surface area contributed by atoms with Gasteiger partial charge < -0.3 is 20.1 Å². The predicted molar refractivity (Wildman–Crippen MR) is 103 cm³/mol. The minimum Gasteiger partial charge on any atom is -0.490 e. The molecule has 0 radical (unpaired) electrons. The summed E-state index contributed by atoms with van der Waals surface area (Å²) in [6, 6.07) is 7.63. The number of rotatable bonds is 9. The van der Waals surface area contributed by atoms with E-state index in [2.05, 4.69) is 17.6 Å². The van der Waals surface area contributed by atoms with Crippen molar-refractivity contribution >= 4 is 18.3 Å². The van der Waals surface area contributed by atoms with Gasteiger partial charge in [-0.1, -0.05) is 19.1 Å². The zero-order valence-corrected chi connectivity index (χ0v) is 16.1. The number of hydrogen-bond donors (Lipinski definition) is 2. The van der Waals surface area contributed by atoms with E-state index >= 15 is 0 Å². The first kappa shape index (κ1) is 21.6. The number of carbonyl (C=O) groups is 1. The first-order valence-electron chi connectivity index (χ1n) is 8.95. The zero-order chi connectivity index (χ0) is 17.3. The van der Waals surface area contributed by atoms with Crippen LogP contribution < -0.4 is 20.1 Å². The second-order valence-corrected chi connectivity index (χ2v) is 6.67. The van der Waals surface area contributed by atoms with Crippen LogP contribution in [0.25, 0.3) is 0 Å². The van der Waals surface area contributed by atoms with Crippen molar-refractivity contribution in [3.05, 3.63) is 24.3 Å². The van der Waals surface area contributed by atoms with Gasteiger partial charge in [0.25, 0.3) is 0 Å². The van der Waals surface area contributed by atoms with Gasteiger partial charge in [0.1, 0.15) is 0 Å². The zero-order valence-electron chi connectivity index (χ0n) is 15.3. The van der Waals surface area contributed by atoms with Crippen molar-refractivity contribution in [3.8, 4) is 11.5 Å². The molecule has 0 aromatic heterocycles. The molecule has 1 saturated heterocycles. The molecule has 1 fully saturated rings. The topological polar surface area (TPSA) is 59.6 Å². The summed E-state index contributed by atoms with van der Waals surface area (Å²) in [6.07, 6.45) is 3.42. The third kappa shape index (κ3) is 7.53. The van der Waals surface area contributed by atoms with Gasteiger partial charge in [0.05, 0.1) is 13.2 Å². The number of amides is 1. The van der Waals surface area contributed by atoms with Crippen molar-refractivity contribution in [1.29, 1.82) is 0 Å². The summed E-state index contributed by atoms with van der Waals surface area (Å²) < 4.78 is 11.3. The number of halogens is 1. The molecule has 1 aromatic carbocycles. The Kier molecular flexibility index (Phi) is 9.68. The average Bonchev–Trinajstić information content (AvgIpc) is 2.59. The second-order valence-electron chi connectivity index (χ2n) is 6.67. The van der Waals surface area contributed by atoms with Gasteiger partial charge in [-0.3, -0.25) is 4.79 Å². The van der Waals surface area contributed by atoms with Gasteiger partial charge in [0.2, 0.25) is 5.91 Å². The largest absolute Gasteiger partial charge is 0.490 e. The summed E-state index contributed by atoms with van der Waals surface area (Å²) >= 11 is 0. The van der Waals surface area contributed by atoms with Crippen molar-refractivity contribution in [2.24, 2.45) is 5.41 Å². The Morgan fingerprint density at radius 3 is 2.48 bits per heavy atom. The van der Waals surface area contributed by atoms with E-state index in [9.17, 15) is 4.79 Å². The molecule has 0 saturated carbocycles. The minimum atomic E-state index is 0. The van der Waals surface area contributed by atoms with E-state index in [4.69, 9.17) is 9.47 Å². The first-order valence-corrected chi connectivity index (χ1v) is 8.95. The molecule has 1 aliphatic rings. The van der Waals surface area contributed by atoms with E-state index in [1.807, 2.05) is 31.2 Å². The number of para-hydroxylation sites is 2. The molecule has 0 atom stereocenters. The van der Waals surface area contributed by atoms with Crippen LogP contribution in [0.2, 0.25) is 0 Å². The second kappa shape index (κ2) is 11.2. The maximum Gasteiger partial charge on any atom is 0.220 e. The summed E-state index contributed by atoms with van der Waals surface area (Å²) in [5, 5.41) is 6.44. The Balaban J connectivity index is 0.00000312. The van der Waals surface area contributed by atoms with Crippen molar-refractivity contribution in [1.82, 2.24) is 10.6 Å². The Bertz CT molecular complexity index is 519. The third-order valence-corrected chi connectivity index (χ3v) is 4.48. The van der Waals surface area contributed by atoms with Crippen molar-refractivity contribution in [3.63, 3.8) is 0 Å². The Labute approximate surface area is 157 Å². The number of hydrogen-bond acceptors (Lipinski definition) is 4. The fourth-order valence-electron chi connectivity index (χ4n) is 2.87. The van der Waals surface area contributed by atoms with Crippen LogP contribution in [0, 0.1) is 5.41 Å². The maximum absolute atomic E-state index is 12.0. The van der Waals surface area contributed by atoms with E-state index in [1.54, 1.807) is 0 Å². The number of carbonyl (C=O) groups excluding carboxylic acids is 1. The van der Waals surface area contributed by atoms with Gasteiger partial charge in [-0.15, -0.1) is 12.4 Å². The molecular formula is C19H31ClN2O3. The SMILES string of the molecule is CCOc1ccccc1OCCCC(=O)NCC1(C)CCNCC1.Cl. The van der Waals surface area contributed by atoms with Crippen LogP contribution >= 0.6 is 12.4 Å². The van der Waals surface area contributed by atoms with Crippen molar-refractivity contribution in [2.45, 2.75) is 39.5 Å². The fourth-order valence-corrected chi connectivity index (χ4v) is 2.87. The summed E-state index contributed by atoms with van der Waals surface area (Å²) in [4.78, 5) is 12.0. The molecule has 2 N–H and O–H groups in total. The summed E-state index contributed by atoms with van der Waals surface area (Å²) in [6.45, 7) is 8.17. The lowest BCUT2D eigenvalue weighted by molar-refractivity contribution is -0.121. The highest BCUT2D eigenvalue weighted by Crippen LogP contribution is 2.27. The molecule has 1 amide bonds. The lowest BCUT2D eigenvalue weighted by Gasteiger charge is -2.34. The molecule has 1 heterocycles. The van der Waals surface area contributed by atoms with Crippen LogP contribution in [-0.2, 0) is 4.79 Å². The van der Waals surface area contributed by atoms with E-state index in [0.717, 1.165) is 44.0 Å². The molecule has 0 aliphatic carbocycles. The quantitative estimate of drug-likeness (QED) is 0.655. The first-order chi connectivity index (χ1) is 11.6. The molecule has 0 bridgehead atoms. The van der Waals surface area contributed by atoms with Crippen LogP contribution in [0.15, 0.2) is 24.3 Å². The molecule has 6 heteroatoms. The molecule has 1 aromatic rings. The van der Waals surface area contributed by atoms with Crippen molar-refractivity contribution in [2.75, 3.05) is 32.8 Å². The van der Waals surface area contributed by atoms with Gasteiger partial charge in [-0.25, -0.2) is 0 Å². The molecule has 2 rings (SSSR count). The molecule has 5 nitrogen and oxygen atoms in total. The molecule has 0 spiro atoms. The highest BCUT2D eigenvalue weighted by Gasteiger charge is 2.26. The van der Waals surface area contributed by atoms with Crippen LogP contribution in [0.5, 0.6) is 11.5 Å². The highest BCUT2D eigenvalue weighted by molar-refractivity contribution is 5.85. The molecular weight excluding hydrogens is 340 g/mol. The van der Waals surface area contributed by atoms with E-state index in [-0.39, 0.29) is 23.7 Å².